The maximum atomic E-state index is 13.2. The van der Waals surface area contributed by atoms with E-state index >= 15 is 0 Å². The molecule has 4 rings (SSSR count). The maximum absolute atomic E-state index is 13.2. The number of rotatable bonds is 3. The molecule has 0 saturated heterocycles. The number of benzene rings is 4. The van der Waals surface area contributed by atoms with Crippen LogP contribution in [0.3, 0.4) is 0 Å². The van der Waals surface area contributed by atoms with Gasteiger partial charge in [-0.3, -0.25) is 4.79 Å². The van der Waals surface area contributed by atoms with Gasteiger partial charge in [0.25, 0.3) is 0 Å². The van der Waals surface area contributed by atoms with Crippen molar-refractivity contribution in [2.24, 2.45) is 0 Å². The second kappa shape index (κ2) is 6.49. The van der Waals surface area contributed by atoms with Crippen molar-refractivity contribution in [1.82, 2.24) is 0 Å². The fourth-order valence-electron chi connectivity index (χ4n) is 3.21. The van der Waals surface area contributed by atoms with Crippen LogP contribution in [0.4, 0.5) is 0 Å². The van der Waals surface area contributed by atoms with E-state index in [1.54, 1.807) is 24.3 Å². The van der Waals surface area contributed by atoms with Crippen molar-refractivity contribution >= 4 is 16.6 Å². The van der Waals surface area contributed by atoms with Gasteiger partial charge >= 0.3 is 0 Å². The molecule has 0 heterocycles. The van der Waals surface area contributed by atoms with Gasteiger partial charge in [-0.25, -0.2) is 0 Å². The fourth-order valence-corrected chi connectivity index (χ4v) is 3.21. The molecular weight excluding hydrogens is 320 g/mol. The van der Waals surface area contributed by atoms with Crippen molar-refractivity contribution in [3.8, 4) is 16.9 Å². The predicted molar refractivity (Wildman–Crippen MR) is 106 cm³/mol. The first-order valence-electron chi connectivity index (χ1n) is 8.56. The second-order valence-electron chi connectivity index (χ2n) is 6.46. The van der Waals surface area contributed by atoms with Crippen molar-refractivity contribution in [3.05, 3.63) is 102 Å². The fraction of sp³-hybridized carbons (Fsp3) is 0.0417. The van der Waals surface area contributed by atoms with Crippen molar-refractivity contribution in [2.75, 3.05) is 0 Å². The third kappa shape index (κ3) is 2.86. The van der Waals surface area contributed by atoms with E-state index in [0.717, 1.165) is 21.9 Å². The summed E-state index contributed by atoms with van der Waals surface area (Å²) in [6, 6.07) is 26.8. The van der Waals surface area contributed by atoms with Gasteiger partial charge in [0.1, 0.15) is 5.75 Å². The van der Waals surface area contributed by atoms with E-state index in [2.05, 4.69) is 0 Å². The molecule has 0 unspecified atom stereocenters. The summed E-state index contributed by atoms with van der Waals surface area (Å²) >= 11 is 0. The number of ketones is 1. The van der Waals surface area contributed by atoms with Crippen LogP contribution in [-0.2, 0) is 0 Å². The summed E-state index contributed by atoms with van der Waals surface area (Å²) in [5.41, 5.74) is 3.94. The molecule has 1 N–H and O–H groups in total. The van der Waals surface area contributed by atoms with Crippen LogP contribution in [0, 0.1) is 6.92 Å². The van der Waals surface area contributed by atoms with Crippen LogP contribution in [0.2, 0.25) is 0 Å². The molecule has 4 aromatic carbocycles. The van der Waals surface area contributed by atoms with Gasteiger partial charge in [-0.1, -0.05) is 66.2 Å². The number of hydrogen-bond donors (Lipinski definition) is 1. The molecule has 2 heteroatoms. The molecule has 0 amide bonds. The maximum Gasteiger partial charge on any atom is 0.197 e. The quantitative estimate of drug-likeness (QED) is 0.483. The number of aryl methyl sites for hydroxylation is 1. The van der Waals surface area contributed by atoms with Gasteiger partial charge in [-0.15, -0.1) is 0 Å². The lowest BCUT2D eigenvalue weighted by molar-refractivity contribution is 0.103. The lowest BCUT2D eigenvalue weighted by Gasteiger charge is -2.12. The molecule has 0 aliphatic rings. The smallest absolute Gasteiger partial charge is 0.197 e. The molecule has 4 aromatic rings. The Morgan fingerprint density at radius 1 is 0.731 bits per heavy atom. The van der Waals surface area contributed by atoms with Gasteiger partial charge in [0.2, 0.25) is 0 Å². The van der Waals surface area contributed by atoms with Crippen LogP contribution in [0.1, 0.15) is 21.5 Å². The number of para-hydroxylation sites is 1. The van der Waals surface area contributed by atoms with E-state index in [9.17, 15) is 9.90 Å². The van der Waals surface area contributed by atoms with Crippen molar-refractivity contribution < 1.29 is 9.90 Å². The molecule has 0 aromatic heterocycles. The van der Waals surface area contributed by atoms with Crippen molar-refractivity contribution in [3.63, 3.8) is 0 Å². The summed E-state index contributed by atoms with van der Waals surface area (Å²) < 4.78 is 0. The van der Waals surface area contributed by atoms with Gasteiger partial charge in [-0.2, -0.15) is 0 Å². The Morgan fingerprint density at radius 3 is 2.04 bits per heavy atom. The third-order valence-electron chi connectivity index (χ3n) is 4.64. The normalized spacial score (nSPS) is 10.8. The Hall–Kier alpha value is -3.39. The minimum absolute atomic E-state index is 0.000477. The molecule has 0 aliphatic carbocycles. The molecule has 0 aliphatic heterocycles. The highest BCUT2D eigenvalue weighted by Gasteiger charge is 2.18. The van der Waals surface area contributed by atoms with Crippen molar-refractivity contribution in [2.45, 2.75) is 6.92 Å². The van der Waals surface area contributed by atoms with E-state index in [1.807, 2.05) is 67.6 Å². The summed E-state index contributed by atoms with van der Waals surface area (Å²) in [5, 5.41) is 12.2. The van der Waals surface area contributed by atoms with Crippen molar-refractivity contribution in [1.29, 1.82) is 0 Å². The first-order valence-corrected chi connectivity index (χ1v) is 8.56. The average molecular weight is 338 g/mol. The zero-order valence-corrected chi connectivity index (χ0v) is 14.4. The Labute approximate surface area is 152 Å². The lowest BCUT2D eigenvalue weighted by atomic mass is 9.90. The summed E-state index contributed by atoms with van der Waals surface area (Å²) in [6.45, 7) is 2.04. The molecule has 0 bridgehead atoms. The summed E-state index contributed by atoms with van der Waals surface area (Å²) in [7, 11) is 0. The van der Waals surface area contributed by atoms with Gasteiger partial charge in [0.05, 0.1) is 5.56 Å². The van der Waals surface area contributed by atoms with Gasteiger partial charge in [0, 0.05) is 5.56 Å². The lowest BCUT2D eigenvalue weighted by Crippen LogP contribution is -2.04. The number of phenolic OH excluding ortho intramolecular Hbond substituents is 1. The molecule has 0 atom stereocenters. The Morgan fingerprint density at radius 2 is 1.35 bits per heavy atom. The van der Waals surface area contributed by atoms with E-state index in [1.165, 1.54) is 5.56 Å². The molecule has 0 spiro atoms. The van der Waals surface area contributed by atoms with Gasteiger partial charge < -0.3 is 5.11 Å². The summed E-state index contributed by atoms with van der Waals surface area (Å²) in [5.74, 6) is -0.176. The third-order valence-corrected chi connectivity index (χ3v) is 4.64. The number of aromatic hydroxyl groups is 1. The van der Waals surface area contributed by atoms with Crippen LogP contribution in [0.25, 0.3) is 21.9 Å². The van der Waals surface area contributed by atoms with Crippen LogP contribution in [0.15, 0.2) is 84.9 Å². The number of hydrogen-bond acceptors (Lipinski definition) is 2. The van der Waals surface area contributed by atoms with Crippen LogP contribution in [0.5, 0.6) is 5.75 Å². The van der Waals surface area contributed by atoms with Gasteiger partial charge in [-0.05, 0) is 53.1 Å². The van der Waals surface area contributed by atoms with Gasteiger partial charge in [0.15, 0.2) is 5.78 Å². The Kier molecular flexibility index (Phi) is 4.02. The molecule has 0 fully saturated rings. The SMILES string of the molecule is Cc1ccc(-c2cc3ccccc3cc2C(=O)c2ccccc2O)cc1. The minimum atomic E-state index is -0.176. The van der Waals surface area contributed by atoms with E-state index in [4.69, 9.17) is 0 Å². The zero-order chi connectivity index (χ0) is 18.1. The number of carbonyl (C=O) groups excluding carboxylic acids is 1. The Balaban J connectivity index is 1.97. The molecule has 26 heavy (non-hydrogen) atoms. The highest BCUT2D eigenvalue weighted by atomic mass is 16.3. The molecular formula is C24H18O2. The Bertz CT molecular complexity index is 1110. The zero-order valence-electron chi connectivity index (χ0n) is 14.4. The predicted octanol–water partition coefficient (Wildman–Crippen LogP) is 5.75. The van der Waals surface area contributed by atoms with Crippen LogP contribution in [-0.4, -0.2) is 10.9 Å². The largest absolute Gasteiger partial charge is 0.507 e. The first-order chi connectivity index (χ1) is 12.6. The summed E-state index contributed by atoms with van der Waals surface area (Å²) in [4.78, 5) is 13.2. The first kappa shape index (κ1) is 16.1. The standard InChI is InChI=1S/C24H18O2/c1-16-10-12-17(13-11-16)21-14-18-6-2-3-7-19(18)15-22(21)24(26)20-8-4-5-9-23(20)25/h2-15,25H,1H3. The average Bonchev–Trinajstić information content (AvgIpc) is 2.67. The molecule has 126 valence electrons. The monoisotopic (exact) mass is 338 g/mol. The number of carbonyl (C=O) groups is 1. The van der Waals surface area contributed by atoms with E-state index < -0.39 is 0 Å². The van der Waals surface area contributed by atoms with E-state index in [-0.39, 0.29) is 11.5 Å². The molecule has 0 radical (unpaired) electrons. The second-order valence-corrected chi connectivity index (χ2v) is 6.46. The topological polar surface area (TPSA) is 37.3 Å². The molecule has 2 nitrogen and oxygen atoms in total. The highest BCUT2D eigenvalue weighted by molar-refractivity contribution is 6.16. The number of fused-ring (bicyclic) bond motifs is 1. The summed E-state index contributed by atoms with van der Waals surface area (Å²) in [6.07, 6.45) is 0. The highest BCUT2D eigenvalue weighted by Crippen LogP contribution is 2.32. The van der Waals surface area contributed by atoms with Crippen LogP contribution >= 0.6 is 0 Å². The number of phenols is 1. The van der Waals surface area contributed by atoms with Crippen LogP contribution < -0.4 is 0 Å². The van der Waals surface area contributed by atoms with E-state index in [0.29, 0.717) is 11.1 Å². The minimum Gasteiger partial charge on any atom is -0.507 e. The molecule has 0 saturated carbocycles.